The lowest BCUT2D eigenvalue weighted by atomic mass is 9.99. The molecule has 25 heavy (non-hydrogen) atoms. The lowest BCUT2D eigenvalue weighted by Crippen LogP contribution is -2.35. The number of benzene rings is 2. The van der Waals surface area contributed by atoms with Crippen LogP contribution in [0.4, 0.5) is 0 Å². The Morgan fingerprint density at radius 3 is 2.80 bits per heavy atom. The van der Waals surface area contributed by atoms with E-state index in [0.29, 0.717) is 19.5 Å². The molecule has 1 aromatic heterocycles. The predicted molar refractivity (Wildman–Crippen MR) is 95.0 cm³/mol. The summed E-state index contributed by atoms with van der Waals surface area (Å²) in [5.74, 6) is 0.906. The Bertz CT molecular complexity index is 902. The number of fused-ring (bicyclic) bond motifs is 1. The van der Waals surface area contributed by atoms with Crippen molar-refractivity contribution in [3.05, 3.63) is 71.4 Å². The summed E-state index contributed by atoms with van der Waals surface area (Å²) >= 11 is 0. The smallest absolute Gasteiger partial charge is 0.227 e. The molecule has 3 aromatic rings. The van der Waals surface area contributed by atoms with Gasteiger partial charge < -0.3 is 9.64 Å². The monoisotopic (exact) mass is 333 g/mol. The number of amides is 1. The van der Waals surface area contributed by atoms with Crippen LogP contribution < -0.4 is 4.74 Å². The van der Waals surface area contributed by atoms with Crippen LogP contribution in [0.5, 0.6) is 5.75 Å². The van der Waals surface area contributed by atoms with Gasteiger partial charge in [0.15, 0.2) is 0 Å². The van der Waals surface area contributed by atoms with Crippen molar-refractivity contribution in [3.8, 4) is 17.0 Å². The largest absolute Gasteiger partial charge is 0.497 e. The van der Waals surface area contributed by atoms with Gasteiger partial charge in [-0.3, -0.25) is 9.89 Å². The number of nitrogens with zero attached hydrogens (tertiary/aromatic N) is 2. The van der Waals surface area contributed by atoms with Crippen molar-refractivity contribution in [3.63, 3.8) is 0 Å². The summed E-state index contributed by atoms with van der Waals surface area (Å²) in [5, 5.41) is 7.57. The fourth-order valence-electron chi connectivity index (χ4n) is 3.22. The number of H-pyrrole nitrogens is 1. The van der Waals surface area contributed by atoms with Crippen molar-refractivity contribution in [1.29, 1.82) is 0 Å². The third kappa shape index (κ3) is 3.01. The zero-order valence-corrected chi connectivity index (χ0v) is 14.0. The molecule has 2 aromatic carbocycles. The fourth-order valence-corrected chi connectivity index (χ4v) is 3.22. The second-order valence-corrected chi connectivity index (χ2v) is 6.17. The molecule has 1 aliphatic rings. The number of ether oxygens (including phenoxy) is 1. The maximum absolute atomic E-state index is 12.6. The van der Waals surface area contributed by atoms with E-state index >= 15 is 0 Å². The Morgan fingerprint density at radius 2 is 2.00 bits per heavy atom. The number of aromatic nitrogens is 2. The molecule has 1 amide bonds. The number of hydrogen-bond donors (Lipinski definition) is 1. The number of carbonyl (C=O) groups is 1. The molecule has 0 aliphatic carbocycles. The number of aromatic amines is 1. The minimum atomic E-state index is 0.127. The second kappa shape index (κ2) is 6.43. The van der Waals surface area contributed by atoms with E-state index in [1.54, 1.807) is 7.11 Å². The Morgan fingerprint density at radius 1 is 1.16 bits per heavy atom. The van der Waals surface area contributed by atoms with E-state index in [4.69, 9.17) is 4.74 Å². The average Bonchev–Trinajstić information content (AvgIpc) is 3.05. The third-order valence-corrected chi connectivity index (χ3v) is 4.54. The van der Waals surface area contributed by atoms with Crippen molar-refractivity contribution < 1.29 is 9.53 Å². The summed E-state index contributed by atoms with van der Waals surface area (Å²) in [4.78, 5) is 14.5. The van der Waals surface area contributed by atoms with E-state index in [1.165, 1.54) is 0 Å². The average molecular weight is 333 g/mol. The highest BCUT2D eigenvalue weighted by Crippen LogP contribution is 2.30. The van der Waals surface area contributed by atoms with Crippen LogP contribution in [-0.4, -0.2) is 28.1 Å². The van der Waals surface area contributed by atoms with E-state index in [2.05, 4.69) is 10.2 Å². The standard InChI is InChI=1S/C20H19N3O2/c1-25-16-9-5-8-15(10-16)20-17-11-19(24)23(13-18(17)21-22-20)12-14-6-3-2-4-7-14/h2-10H,11-13H2,1H3,(H,21,22). The number of nitrogens with one attached hydrogen (secondary N) is 1. The minimum absolute atomic E-state index is 0.127. The molecule has 0 spiro atoms. The summed E-state index contributed by atoms with van der Waals surface area (Å²) in [6.45, 7) is 1.17. The minimum Gasteiger partial charge on any atom is -0.497 e. The molecule has 5 nitrogen and oxygen atoms in total. The molecule has 1 N–H and O–H groups in total. The molecule has 0 bridgehead atoms. The molecule has 0 saturated carbocycles. The van der Waals surface area contributed by atoms with Crippen LogP contribution in [0.2, 0.25) is 0 Å². The molecule has 0 saturated heterocycles. The van der Waals surface area contributed by atoms with Gasteiger partial charge in [0.25, 0.3) is 0 Å². The van der Waals surface area contributed by atoms with Crippen LogP contribution in [0.1, 0.15) is 16.8 Å². The molecule has 0 radical (unpaired) electrons. The van der Waals surface area contributed by atoms with Crippen LogP contribution in [0.15, 0.2) is 54.6 Å². The highest BCUT2D eigenvalue weighted by molar-refractivity contribution is 5.83. The van der Waals surface area contributed by atoms with E-state index < -0.39 is 0 Å². The van der Waals surface area contributed by atoms with Crippen LogP contribution in [0.25, 0.3) is 11.3 Å². The molecule has 126 valence electrons. The first kappa shape index (κ1) is 15.4. The number of hydrogen-bond acceptors (Lipinski definition) is 3. The Balaban J connectivity index is 1.61. The van der Waals surface area contributed by atoms with E-state index in [9.17, 15) is 4.79 Å². The lowest BCUT2D eigenvalue weighted by molar-refractivity contribution is -0.132. The van der Waals surface area contributed by atoms with Gasteiger partial charge in [-0.05, 0) is 17.7 Å². The molecule has 0 unspecified atom stereocenters. The molecule has 0 atom stereocenters. The molecule has 1 aliphatic heterocycles. The lowest BCUT2D eigenvalue weighted by Gasteiger charge is -2.27. The topological polar surface area (TPSA) is 58.2 Å². The van der Waals surface area contributed by atoms with Gasteiger partial charge in [0.1, 0.15) is 5.75 Å². The fraction of sp³-hybridized carbons (Fsp3) is 0.200. The first-order chi connectivity index (χ1) is 12.2. The normalized spacial score (nSPS) is 13.6. The van der Waals surface area contributed by atoms with Crippen molar-refractivity contribution in [2.45, 2.75) is 19.5 Å². The zero-order valence-electron chi connectivity index (χ0n) is 14.0. The van der Waals surface area contributed by atoms with Gasteiger partial charge in [-0.15, -0.1) is 0 Å². The van der Waals surface area contributed by atoms with Crippen LogP contribution in [-0.2, 0) is 24.3 Å². The van der Waals surface area contributed by atoms with E-state index in [1.807, 2.05) is 59.5 Å². The van der Waals surface area contributed by atoms with Crippen molar-refractivity contribution in [2.24, 2.45) is 0 Å². The maximum Gasteiger partial charge on any atom is 0.227 e. The van der Waals surface area contributed by atoms with Crippen LogP contribution in [0, 0.1) is 0 Å². The first-order valence-corrected chi connectivity index (χ1v) is 8.27. The Labute approximate surface area is 146 Å². The molecular weight excluding hydrogens is 314 g/mol. The molecule has 4 rings (SSSR count). The number of methoxy groups -OCH3 is 1. The Hall–Kier alpha value is -3.08. The summed E-state index contributed by atoms with van der Waals surface area (Å²) in [5.41, 5.74) is 4.92. The van der Waals surface area contributed by atoms with Gasteiger partial charge in [0.05, 0.1) is 31.5 Å². The second-order valence-electron chi connectivity index (χ2n) is 6.17. The van der Waals surface area contributed by atoms with Gasteiger partial charge in [-0.2, -0.15) is 5.10 Å². The van der Waals surface area contributed by atoms with E-state index in [-0.39, 0.29) is 5.91 Å². The predicted octanol–water partition coefficient (Wildman–Crippen LogP) is 3.17. The summed E-state index contributed by atoms with van der Waals surface area (Å²) in [6, 6.07) is 17.8. The maximum atomic E-state index is 12.6. The highest BCUT2D eigenvalue weighted by atomic mass is 16.5. The summed E-state index contributed by atoms with van der Waals surface area (Å²) < 4.78 is 5.29. The van der Waals surface area contributed by atoms with E-state index in [0.717, 1.165) is 33.8 Å². The van der Waals surface area contributed by atoms with Crippen molar-refractivity contribution >= 4 is 5.91 Å². The summed E-state index contributed by atoms with van der Waals surface area (Å²) in [6.07, 6.45) is 0.366. The van der Waals surface area contributed by atoms with Gasteiger partial charge in [-0.1, -0.05) is 42.5 Å². The molecule has 2 heterocycles. The van der Waals surface area contributed by atoms with Gasteiger partial charge in [0, 0.05) is 17.7 Å². The number of carbonyl (C=O) groups excluding carboxylic acids is 1. The third-order valence-electron chi connectivity index (χ3n) is 4.54. The molecule has 5 heteroatoms. The van der Waals surface area contributed by atoms with Gasteiger partial charge >= 0.3 is 0 Å². The van der Waals surface area contributed by atoms with Crippen LogP contribution >= 0.6 is 0 Å². The highest BCUT2D eigenvalue weighted by Gasteiger charge is 2.28. The quantitative estimate of drug-likeness (QED) is 0.798. The van der Waals surface area contributed by atoms with Crippen molar-refractivity contribution in [2.75, 3.05) is 7.11 Å². The van der Waals surface area contributed by atoms with Crippen LogP contribution in [0.3, 0.4) is 0 Å². The first-order valence-electron chi connectivity index (χ1n) is 8.27. The summed E-state index contributed by atoms with van der Waals surface area (Å²) in [7, 11) is 1.64. The SMILES string of the molecule is COc1cccc(-c2n[nH]c3c2CC(=O)N(Cc2ccccc2)C3)c1. The number of rotatable bonds is 4. The van der Waals surface area contributed by atoms with Gasteiger partial charge in [-0.25, -0.2) is 0 Å². The molecular formula is C20H19N3O2. The Kier molecular flexibility index (Phi) is 3.98. The molecule has 0 fully saturated rings. The van der Waals surface area contributed by atoms with Gasteiger partial charge in [0.2, 0.25) is 5.91 Å². The van der Waals surface area contributed by atoms with Crippen molar-refractivity contribution in [1.82, 2.24) is 15.1 Å². The zero-order chi connectivity index (χ0) is 17.2.